The Hall–Kier alpha value is -1.37. The lowest BCUT2D eigenvalue weighted by atomic mass is 9.89. The third-order valence-corrected chi connectivity index (χ3v) is 5.28. The van der Waals surface area contributed by atoms with Gasteiger partial charge in [0.15, 0.2) is 5.69 Å². The van der Waals surface area contributed by atoms with E-state index in [1.165, 1.54) is 36.6 Å². The Bertz CT molecular complexity index is 521. The molecule has 0 saturated heterocycles. The highest BCUT2D eigenvalue weighted by Gasteiger charge is 2.33. The summed E-state index contributed by atoms with van der Waals surface area (Å²) in [5.41, 5.74) is 0.451. The number of rotatable bonds is 5. The van der Waals surface area contributed by atoms with Crippen LogP contribution in [-0.4, -0.2) is 27.3 Å². The molecule has 110 valence electrons. The molecule has 6 nitrogen and oxygen atoms in total. The Kier molecular flexibility index (Phi) is 4.47. The number of amides is 1. The van der Waals surface area contributed by atoms with Crippen LogP contribution < -0.4 is 5.32 Å². The maximum atomic E-state index is 12.1. The van der Waals surface area contributed by atoms with Crippen LogP contribution >= 0.6 is 15.9 Å². The fraction of sp³-hybridized carbons (Fsp3) is 0.615. The Morgan fingerprint density at radius 3 is 2.65 bits per heavy atom. The molecule has 0 radical (unpaired) electrons. The van der Waals surface area contributed by atoms with Gasteiger partial charge in [0, 0.05) is 17.9 Å². The molecule has 1 aliphatic carbocycles. The highest BCUT2D eigenvalue weighted by molar-refractivity contribution is 9.09. The van der Waals surface area contributed by atoms with E-state index in [0.29, 0.717) is 12.2 Å². The summed E-state index contributed by atoms with van der Waals surface area (Å²) in [5, 5.41) is 14.6. The first-order valence-corrected chi connectivity index (χ1v) is 7.75. The summed E-state index contributed by atoms with van der Waals surface area (Å²) >= 11 is 3.53. The molecule has 0 aromatic carbocycles. The summed E-state index contributed by atoms with van der Waals surface area (Å²) in [7, 11) is 1.53. The second-order valence-corrected chi connectivity index (χ2v) is 5.98. The summed E-state index contributed by atoms with van der Waals surface area (Å²) in [4.78, 5) is 22.4. The van der Waals surface area contributed by atoms with E-state index < -0.39 is 4.92 Å². The van der Waals surface area contributed by atoms with Crippen molar-refractivity contribution in [2.24, 2.45) is 12.5 Å². The van der Waals surface area contributed by atoms with E-state index >= 15 is 0 Å². The van der Waals surface area contributed by atoms with Gasteiger partial charge in [0.2, 0.25) is 0 Å². The third-order valence-electron chi connectivity index (χ3n) is 4.09. The number of hydrogen-bond acceptors (Lipinski definition) is 3. The lowest BCUT2D eigenvalue weighted by Crippen LogP contribution is -2.37. The van der Waals surface area contributed by atoms with E-state index in [1.54, 1.807) is 0 Å². The highest BCUT2D eigenvalue weighted by Crippen LogP contribution is 2.39. The van der Waals surface area contributed by atoms with Crippen molar-refractivity contribution in [2.75, 3.05) is 11.9 Å². The number of nitro groups is 1. The number of nitrogens with one attached hydrogen (secondary N) is 1. The Balaban J connectivity index is 2.03. The molecule has 1 fully saturated rings. The number of carbonyl (C=O) groups excluding carboxylic acids is 1. The Morgan fingerprint density at radius 2 is 2.15 bits per heavy atom. The monoisotopic (exact) mass is 343 g/mol. The molecule has 1 saturated carbocycles. The molecule has 7 heteroatoms. The molecule has 0 atom stereocenters. The first-order chi connectivity index (χ1) is 9.49. The van der Waals surface area contributed by atoms with Gasteiger partial charge in [-0.3, -0.25) is 4.79 Å². The van der Waals surface area contributed by atoms with E-state index in [9.17, 15) is 14.9 Å². The van der Waals surface area contributed by atoms with E-state index in [-0.39, 0.29) is 17.1 Å². The van der Waals surface area contributed by atoms with E-state index in [1.807, 2.05) is 0 Å². The van der Waals surface area contributed by atoms with Crippen LogP contribution in [0.25, 0.3) is 0 Å². The van der Waals surface area contributed by atoms with Gasteiger partial charge in [0.1, 0.15) is 0 Å². The normalized spacial score (nSPS) is 17.1. The molecular formula is C13H18BrN3O3. The average molecular weight is 344 g/mol. The molecule has 1 heterocycles. The van der Waals surface area contributed by atoms with Crippen molar-refractivity contribution in [2.45, 2.75) is 25.7 Å². The number of hydrogen-bond donors (Lipinski definition) is 1. The maximum Gasteiger partial charge on any atom is 0.323 e. The van der Waals surface area contributed by atoms with Gasteiger partial charge in [-0.1, -0.05) is 28.8 Å². The predicted octanol–water partition coefficient (Wildman–Crippen LogP) is 2.62. The first kappa shape index (κ1) is 15.0. The van der Waals surface area contributed by atoms with Crippen molar-refractivity contribution < 1.29 is 9.72 Å². The lowest BCUT2D eigenvalue weighted by molar-refractivity contribution is -0.391. The summed E-state index contributed by atoms with van der Waals surface area (Å²) in [6, 6.07) is 2.84. The molecule has 0 spiro atoms. The zero-order valence-electron chi connectivity index (χ0n) is 11.4. The van der Waals surface area contributed by atoms with Crippen LogP contribution in [0, 0.1) is 15.5 Å². The molecule has 1 aromatic rings. The van der Waals surface area contributed by atoms with Crippen LogP contribution in [0.1, 0.15) is 36.2 Å². The summed E-state index contributed by atoms with van der Waals surface area (Å²) < 4.78 is 1.31. The van der Waals surface area contributed by atoms with Crippen LogP contribution in [0.15, 0.2) is 12.1 Å². The van der Waals surface area contributed by atoms with Crippen LogP contribution in [0.2, 0.25) is 0 Å². The molecule has 1 aliphatic rings. The highest BCUT2D eigenvalue weighted by atomic mass is 79.9. The third kappa shape index (κ3) is 2.87. The minimum absolute atomic E-state index is 0.0776. The second kappa shape index (κ2) is 5.95. The van der Waals surface area contributed by atoms with Crippen LogP contribution in [0.5, 0.6) is 0 Å². The number of alkyl halides is 1. The standard InChI is InChI=1S/C13H18BrN3O3/c1-16-10(4-5-11(16)17(19)20)12(18)15-9-13(8-14)6-2-3-7-13/h4-5H,2-3,6-9H2,1H3,(H,15,18). The first-order valence-electron chi connectivity index (χ1n) is 6.63. The largest absolute Gasteiger partial charge is 0.358 e. The van der Waals surface area contributed by atoms with Crippen molar-refractivity contribution in [3.05, 3.63) is 27.9 Å². The van der Waals surface area contributed by atoms with Gasteiger partial charge in [-0.05, 0) is 29.2 Å². The van der Waals surface area contributed by atoms with E-state index in [0.717, 1.165) is 18.2 Å². The maximum absolute atomic E-state index is 12.1. The minimum Gasteiger partial charge on any atom is -0.358 e. The summed E-state index contributed by atoms with van der Waals surface area (Å²) in [6.07, 6.45) is 4.59. The van der Waals surface area contributed by atoms with Crippen LogP contribution in [-0.2, 0) is 7.05 Å². The predicted molar refractivity (Wildman–Crippen MR) is 79.1 cm³/mol. The molecule has 1 aromatic heterocycles. The topological polar surface area (TPSA) is 77.2 Å². The zero-order chi connectivity index (χ0) is 14.8. The van der Waals surface area contributed by atoms with Crippen molar-refractivity contribution in [3.63, 3.8) is 0 Å². The number of halogens is 1. The van der Waals surface area contributed by atoms with Crippen molar-refractivity contribution in [1.82, 2.24) is 9.88 Å². The number of carbonyl (C=O) groups is 1. The summed E-state index contributed by atoms with van der Waals surface area (Å²) in [6.45, 7) is 0.607. The number of nitrogens with zero attached hydrogens (tertiary/aromatic N) is 2. The van der Waals surface area contributed by atoms with Gasteiger partial charge in [-0.15, -0.1) is 0 Å². The zero-order valence-corrected chi connectivity index (χ0v) is 13.0. The fourth-order valence-corrected chi connectivity index (χ4v) is 3.51. The Morgan fingerprint density at radius 1 is 1.50 bits per heavy atom. The minimum atomic E-state index is -0.492. The quantitative estimate of drug-likeness (QED) is 0.507. The van der Waals surface area contributed by atoms with Gasteiger partial charge in [0.25, 0.3) is 5.91 Å². The van der Waals surface area contributed by atoms with Gasteiger partial charge in [-0.2, -0.15) is 0 Å². The van der Waals surface area contributed by atoms with Crippen molar-refractivity contribution in [1.29, 1.82) is 0 Å². The van der Waals surface area contributed by atoms with Crippen molar-refractivity contribution in [3.8, 4) is 0 Å². The van der Waals surface area contributed by atoms with Gasteiger partial charge >= 0.3 is 5.82 Å². The molecule has 20 heavy (non-hydrogen) atoms. The van der Waals surface area contributed by atoms with E-state index in [2.05, 4.69) is 21.2 Å². The van der Waals surface area contributed by atoms with Crippen LogP contribution in [0.4, 0.5) is 5.82 Å². The smallest absolute Gasteiger partial charge is 0.323 e. The molecule has 1 N–H and O–H groups in total. The molecular weight excluding hydrogens is 326 g/mol. The molecule has 0 aliphatic heterocycles. The molecule has 1 amide bonds. The SMILES string of the molecule is Cn1c(C(=O)NCC2(CBr)CCCC2)ccc1[N+](=O)[O-]. The van der Waals surface area contributed by atoms with Crippen molar-refractivity contribution >= 4 is 27.7 Å². The molecule has 0 bridgehead atoms. The Labute approximate surface area is 125 Å². The summed E-state index contributed by atoms with van der Waals surface area (Å²) in [5.74, 6) is -0.334. The van der Waals surface area contributed by atoms with Gasteiger partial charge in [0.05, 0.1) is 7.05 Å². The average Bonchev–Trinajstić information content (AvgIpc) is 3.03. The molecule has 2 rings (SSSR count). The number of aromatic nitrogens is 1. The van der Waals surface area contributed by atoms with E-state index in [4.69, 9.17) is 0 Å². The van der Waals surface area contributed by atoms with Gasteiger partial charge < -0.3 is 15.4 Å². The molecule has 0 unspecified atom stereocenters. The second-order valence-electron chi connectivity index (χ2n) is 5.42. The van der Waals surface area contributed by atoms with Crippen LogP contribution in [0.3, 0.4) is 0 Å². The lowest BCUT2D eigenvalue weighted by Gasteiger charge is -2.26. The fourth-order valence-electron chi connectivity index (χ4n) is 2.75. The van der Waals surface area contributed by atoms with Gasteiger partial charge in [-0.25, -0.2) is 4.57 Å².